The predicted molar refractivity (Wildman–Crippen MR) is 88.7 cm³/mol. The fourth-order valence-corrected chi connectivity index (χ4v) is 3.26. The molecule has 0 radical (unpaired) electrons. The van der Waals surface area contributed by atoms with E-state index in [1.54, 1.807) is 13.2 Å². The molecule has 2 heterocycles. The van der Waals surface area contributed by atoms with Crippen LogP contribution < -0.4 is 15.9 Å². The first kappa shape index (κ1) is 14.6. The minimum atomic E-state index is -0.162. The van der Waals surface area contributed by atoms with Gasteiger partial charge in [0.2, 0.25) is 11.3 Å². The van der Waals surface area contributed by atoms with Crippen LogP contribution in [0.4, 0.5) is 5.88 Å². The molecule has 0 aliphatic carbocycles. The SMILES string of the molecule is CCc1cc2c(=O)c(-c3nc(C)cs3)c(N)oc2cc1OC. The third kappa shape index (κ3) is 2.25. The largest absolute Gasteiger partial charge is 0.496 e. The minimum Gasteiger partial charge on any atom is -0.496 e. The van der Waals surface area contributed by atoms with Crippen LogP contribution in [0.5, 0.6) is 5.75 Å². The smallest absolute Gasteiger partial charge is 0.205 e. The summed E-state index contributed by atoms with van der Waals surface area (Å²) < 4.78 is 11.0. The van der Waals surface area contributed by atoms with E-state index in [0.29, 0.717) is 27.3 Å². The normalized spacial score (nSPS) is 11.0. The molecule has 2 aromatic heterocycles. The summed E-state index contributed by atoms with van der Waals surface area (Å²) >= 11 is 1.38. The molecule has 3 aromatic rings. The molecule has 0 spiro atoms. The molecule has 0 unspecified atom stereocenters. The van der Waals surface area contributed by atoms with Crippen molar-refractivity contribution in [1.82, 2.24) is 4.98 Å². The zero-order chi connectivity index (χ0) is 15.9. The van der Waals surface area contributed by atoms with Gasteiger partial charge in [0.1, 0.15) is 21.9 Å². The Balaban J connectivity index is 2.35. The lowest BCUT2D eigenvalue weighted by atomic mass is 10.1. The number of fused-ring (bicyclic) bond motifs is 1. The monoisotopic (exact) mass is 316 g/mol. The number of hydrogen-bond acceptors (Lipinski definition) is 6. The van der Waals surface area contributed by atoms with Gasteiger partial charge in [-0.3, -0.25) is 4.79 Å². The zero-order valence-electron chi connectivity index (χ0n) is 12.6. The Morgan fingerprint density at radius 1 is 1.41 bits per heavy atom. The second-order valence-corrected chi connectivity index (χ2v) is 5.84. The Kier molecular flexibility index (Phi) is 3.62. The minimum absolute atomic E-state index is 0.0816. The molecule has 0 saturated heterocycles. The number of nitrogens with two attached hydrogens (primary N) is 1. The third-order valence-electron chi connectivity index (χ3n) is 3.53. The molecule has 0 aliphatic heterocycles. The van der Waals surface area contributed by atoms with Gasteiger partial charge in [-0.25, -0.2) is 4.98 Å². The van der Waals surface area contributed by atoms with Gasteiger partial charge in [-0.2, -0.15) is 0 Å². The van der Waals surface area contributed by atoms with Crippen LogP contribution in [0.3, 0.4) is 0 Å². The van der Waals surface area contributed by atoms with E-state index in [-0.39, 0.29) is 11.3 Å². The first-order valence-corrected chi connectivity index (χ1v) is 7.78. The Morgan fingerprint density at radius 2 is 2.18 bits per heavy atom. The molecular weight excluding hydrogens is 300 g/mol. The van der Waals surface area contributed by atoms with E-state index >= 15 is 0 Å². The van der Waals surface area contributed by atoms with E-state index in [4.69, 9.17) is 14.9 Å². The Labute approximate surface area is 131 Å². The molecule has 5 nitrogen and oxygen atoms in total. The molecule has 6 heteroatoms. The second kappa shape index (κ2) is 5.46. The summed E-state index contributed by atoms with van der Waals surface area (Å²) in [6.07, 6.45) is 0.759. The van der Waals surface area contributed by atoms with Crippen LogP contribution in [0.15, 0.2) is 26.7 Å². The number of nitrogens with zero attached hydrogens (tertiary/aromatic N) is 1. The highest BCUT2D eigenvalue weighted by atomic mass is 32.1. The Morgan fingerprint density at radius 3 is 2.77 bits per heavy atom. The van der Waals surface area contributed by atoms with Gasteiger partial charge in [0.15, 0.2) is 0 Å². The van der Waals surface area contributed by atoms with E-state index in [9.17, 15) is 4.79 Å². The number of nitrogen functional groups attached to an aromatic ring is 1. The molecule has 22 heavy (non-hydrogen) atoms. The third-order valence-corrected chi connectivity index (χ3v) is 4.51. The van der Waals surface area contributed by atoms with Gasteiger partial charge in [-0.15, -0.1) is 11.3 Å². The molecular formula is C16H16N2O3S. The number of rotatable bonds is 3. The fourth-order valence-electron chi connectivity index (χ4n) is 2.42. The summed E-state index contributed by atoms with van der Waals surface area (Å²) in [5, 5.41) is 2.96. The lowest BCUT2D eigenvalue weighted by molar-refractivity contribution is 0.410. The number of hydrogen-bond donors (Lipinski definition) is 1. The quantitative estimate of drug-likeness (QED) is 0.801. The van der Waals surface area contributed by atoms with Gasteiger partial charge in [-0.1, -0.05) is 6.92 Å². The number of ether oxygens (including phenoxy) is 1. The van der Waals surface area contributed by atoms with Gasteiger partial charge >= 0.3 is 0 Å². The van der Waals surface area contributed by atoms with Crippen molar-refractivity contribution in [2.45, 2.75) is 20.3 Å². The average molecular weight is 316 g/mol. The first-order valence-electron chi connectivity index (χ1n) is 6.90. The second-order valence-electron chi connectivity index (χ2n) is 4.98. The molecule has 0 fully saturated rings. The van der Waals surface area contributed by atoms with Gasteiger partial charge in [-0.05, 0) is 25.0 Å². The molecule has 0 amide bonds. The lowest BCUT2D eigenvalue weighted by Gasteiger charge is -2.09. The van der Waals surface area contributed by atoms with Crippen molar-refractivity contribution in [1.29, 1.82) is 0 Å². The van der Waals surface area contributed by atoms with Gasteiger partial charge in [0, 0.05) is 17.1 Å². The summed E-state index contributed by atoms with van der Waals surface area (Å²) in [5.41, 5.74) is 8.35. The molecule has 3 rings (SSSR count). The molecule has 0 aliphatic rings. The van der Waals surface area contributed by atoms with E-state index in [2.05, 4.69) is 4.98 Å². The highest BCUT2D eigenvalue weighted by Crippen LogP contribution is 2.31. The van der Waals surface area contributed by atoms with Crippen LogP contribution in [0.25, 0.3) is 21.5 Å². The average Bonchev–Trinajstić information content (AvgIpc) is 2.92. The number of aryl methyl sites for hydroxylation is 2. The van der Waals surface area contributed by atoms with E-state index < -0.39 is 0 Å². The van der Waals surface area contributed by atoms with Crippen molar-refractivity contribution < 1.29 is 9.15 Å². The fraction of sp³-hybridized carbons (Fsp3) is 0.250. The van der Waals surface area contributed by atoms with E-state index in [0.717, 1.165) is 17.7 Å². The number of anilines is 1. The molecule has 2 N–H and O–H groups in total. The van der Waals surface area contributed by atoms with Gasteiger partial charge in [0.25, 0.3) is 0 Å². The standard InChI is InChI=1S/C16H16N2O3S/c1-4-9-5-10-12(6-11(9)20-3)21-15(17)13(14(10)19)16-18-8(2)7-22-16/h5-7H,4,17H2,1-3H3. The van der Waals surface area contributed by atoms with Crippen LogP contribution >= 0.6 is 11.3 Å². The summed E-state index contributed by atoms with van der Waals surface area (Å²) in [6, 6.07) is 3.52. The van der Waals surface area contributed by atoms with Crippen molar-refractivity contribution >= 4 is 28.2 Å². The van der Waals surface area contributed by atoms with Gasteiger partial charge in [0.05, 0.1) is 12.5 Å². The van der Waals surface area contributed by atoms with Crippen molar-refractivity contribution in [2.24, 2.45) is 0 Å². The predicted octanol–water partition coefficient (Wildman–Crippen LogP) is 3.38. The van der Waals surface area contributed by atoms with Crippen LogP contribution in [0, 0.1) is 6.92 Å². The van der Waals surface area contributed by atoms with Crippen LogP contribution in [0.1, 0.15) is 18.2 Å². The molecule has 0 bridgehead atoms. The zero-order valence-corrected chi connectivity index (χ0v) is 13.4. The van der Waals surface area contributed by atoms with Crippen molar-refractivity contribution in [3.05, 3.63) is 39.0 Å². The van der Waals surface area contributed by atoms with Gasteiger partial charge < -0.3 is 14.9 Å². The van der Waals surface area contributed by atoms with Crippen LogP contribution in [-0.2, 0) is 6.42 Å². The molecule has 114 valence electrons. The number of methoxy groups -OCH3 is 1. The van der Waals surface area contributed by atoms with E-state index in [1.165, 1.54) is 11.3 Å². The summed E-state index contributed by atoms with van der Waals surface area (Å²) in [6.45, 7) is 3.88. The molecule has 1 aromatic carbocycles. The number of aromatic nitrogens is 1. The van der Waals surface area contributed by atoms with Crippen LogP contribution in [0.2, 0.25) is 0 Å². The maximum atomic E-state index is 12.8. The highest BCUT2D eigenvalue weighted by Gasteiger charge is 2.18. The van der Waals surface area contributed by atoms with Crippen LogP contribution in [-0.4, -0.2) is 12.1 Å². The summed E-state index contributed by atoms with van der Waals surface area (Å²) in [4.78, 5) is 17.2. The highest BCUT2D eigenvalue weighted by molar-refractivity contribution is 7.13. The van der Waals surface area contributed by atoms with Crippen molar-refractivity contribution in [3.8, 4) is 16.3 Å². The first-order chi connectivity index (χ1) is 10.5. The number of benzene rings is 1. The molecule has 0 saturated carbocycles. The maximum absolute atomic E-state index is 12.8. The Bertz CT molecular complexity index is 912. The lowest BCUT2D eigenvalue weighted by Crippen LogP contribution is -2.09. The number of thiazole rings is 1. The summed E-state index contributed by atoms with van der Waals surface area (Å²) in [5.74, 6) is 0.772. The van der Waals surface area contributed by atoms with Crippen molar-refractivity contribution in [2.75, 3.05) is 12.8 Å². The molecule has 0 atom stereocenters. The maximum Gasteiger partial charge on any atom is 0.205 e. The van der Waals surface area contributed by atoms with Crippen molar-refractivity contribution in [3.63, 3.8) is 0 Å². The topological polar surface area (TPSA) is 78.4 Å². The summed E-state index contributed by atoms with van der Waals surface area (Å²) in [7, 11) is 1.59. The van der Waals surface area contributed by atoms with E-state index in [1.807, 2.05) is 25.3 Å². The Hall–Kier alpha value is -2.34.